The van der Waals surface area contributed by atoms with Gasteiger partial charge in [0.25, 0.3) is 5.91 Å². The Balaban J connectivity index is 1.85. The van der Waals surface area contributed by atoms with Gasteiger partial charge in [0.2, 0.25) is 0 Å². The molecule has 0 saturated carbocycles. The van der Waals surface area contributed by atoms with E-state index < -0.39 is 0 Å². The minimum atomic E-state index is -0.123. The van der Waals surface area contributed by atoms with Gasteiger partial charge in [0.05, 0.1) is 5.69 Å². The number of carbonyl (C=O) groups is 1. The topological polar surface area (TPSA) is 80.9 Å². The highest BCUT2D eigenvalue weighted by atomic mass is 32.1. The SMILES string of the molecule is Nc1c(C(=O)NC2CC=CCC2)sc2nccnc12. The van der Waals surface area contributed by atoms with Gasteiger partial charge in [-0.05, 0) is 19.3 Å². The molecule has 3 rings (SSSR count). The van der Waals surface area contributed by atoms with Crippen molar-refractivity contribution >= 4 is 33.3 Å². The van der Waals surface area contributed by atoms with E-state index in [2.05, 4.69) is 27.4 Å². The van der Waals surface area contributed by atoms with Gasteiger partial charge < -0.3 is 11.1 Å². The largest absolute Gasteiger partial charge is 0.396 e. The Kier molecular flexibility index (Phi) is 3.16. The predicted octanol–water partition coefficient (Wildman–Crippen LogP) is 2.11. The summed E-state index contributed by atoms with van der Waals surface area (Å²) in [5, 5.41) is 3.02. The number of aromatic nitrogens is 2. The molecule has 0 fully saturated rings. The quantitative estimate of drug-likeness (QED) is 0.822. The molecule has 98 valence electrons. The third-order valence-corrected chi connectivity index (χ3v) is 4.28. The molecule has 6 heteroatoms. The Morgan fingerprint density at radius 3 is 2.95 bits per heavy atom. The zero-order valence-electron chi connectivity index (χ0n) is 10.3. The maximum atomic E-state index is 12.2. The van der Waals surface area contributed by atoms with E-state index in [0.29, 0.717) is 20.9 Å². The monoisotopic (exact) mass is 274 g/mol. The number of fused-ring (bicyclic) bond motifs is 1. The van der Waals surface area contributed by atoms with Crippen LogP contribution in [0.3, 0.4) is 0 Å². The fraction of sp³-hybridized carbons (Fsp3) is 0.308. The highest BCUT2D eigenvalue weighted by Gasteiger charge is 2.20. The first-order valence-corrected chi connectivity index (χ1v) is 7.02. The molecule has 5 nitrogen and oxygen atoms in total. The predicted molar refractivity (Wildman–Crippen MR) is 76.1 cm³/mol. The molecule has 2 aromatic heterocycles. The Bertz CT molecular complexity index is 649. The lowest BCUT2D eigenvalue weighted by Gasteiger charge is -2.18. The summed E-state index contributed by atoms with van der Waals surface area (Å²) in [6.45, 7) is 0. The molecular formula is C13H14N4OS. The van der Waals surface area contributed by atoms with Gasteiger partial charge in [-0.2, -0.15) is 0 Å². The lowest BCUT2D eigenvalue weighted by molar-refractivity contribution is 0.0939. The van der Waals surface area contributed by atoms with Crippen LogP contribution in [0.2, 0.25) is 0 Å². The summed E-state index contributed by atoms with van der Waals surface area (Å²) in [5.41, 5.74) is 7.02. The van der Waals surface area contributed by atoms with Gasteiger partial charge in [-0.1, -0.05) is 12.2 Å². The number of nitrogens with zero attached hydrogens (tertiary/aromatic N) is 2. The van der Waals surface area contributed by atoms with Gasteiger partial charge in [0, 0.05) is 18.4 Å². The van der Waals surface area contributed by atoms with E-state index in [-0.39, 0.29) is 11.9 Å². The van der Waals surface area contributed by atoms with E-state index in [9.17, 15) is 4.79 Å². The number of nitrogens with two attached hydrogens (primary N) is 1. The second-order valence-corrected chi connectivity index (χ2v) is 5.51. The van der Waals surface area contributed by atoms with Crippen molar-refractivity contribution in [2.75, 3.05) is 5.73 Å². The van der Waals surface area contributed by atoms with Crippen LogP contribution in [0.1, 0.15) is 28.9 Å². The molecule has 2 heterocycles. The number of nitrogens with one attached hydrogen (secondary N) is 1. The van der Waals surface area contributed by atoms with Crippen LogP contribution in [0.15, 0.2) is 24.5 Å². The summed E-state index contributed by atoms with van der Waals surface area (Å²) in [6.07, 6.45) is 10.3. The van der Waals surface area contributed by atoms with E-state index in [1.54, 1.807) is 12.4 Å². The van der Waals surface area contributed by atoms with Crippen LogP contribution in [-0.4, -0.2) is 21.9 Å². The fourth-order valence-electron chi connectivity index (χ4n) is 2.19. The maximum Gasteiger partial charge on any atom is 0.263 e. The van der Waals surface area contributed by atoms with Crippen molar-refractivity contribution in [2.45, 2.75) is 25.3 Å². The number of nitrogen functional groups attached to an aromatic ring is 1. The minimum Gasteiger partial charge on any atom is -0.396 e. The van der Waals surface area contributed by atoms with Crippen LogP contribution >= 0.6 is 11.3 Å². The zero-order valence-corrected chi connectivity index (χ0v) is 11.1. The number of anilines is 1. The van der Waals surface area contributed by atoms with E-state index in [1.165, 1.54) is 11.3 Å². The summed E-state index contributed by atoms with van der Waals surface area (Å²) in [5.74, 6) is -0.123. The second-order valence-electron chi connectivity index (χ2n) is 4.51. The van der Waals surface area contributed by atoms with Gasteiger partial charge in [-0.3, -0.25) is 4.79 Å². The van der Waals surface area contributed by atoms with Gasteiger partial charge in [0.15, 0.2) is 0 Å². The average Bonchev–Trinajstić information content (AvgIpc) is 2.78. The third kappa shape index (κ3) is 2.31. The lowest BCUT2D eigenvalue weighted by Crippen LogP contribution is -2.35. The Labute approximate surface area is 114 Å². The summed E-state index contributed by atoms with van der Waals surface area (Å²) in [7, 11) is 0. The molecule has 0 saturated heterocycles. The molecule has 1 amide bonds. The van der Waals surface area contributed by atoms with Crippen molar-refractivity contribution in [3.63, 3.8) is 0 Å². The van der Waals surface area contributed by atoms with Crippen molar-refractivity contribution < 1.29 is 4.79 Å². The highest BCUT2D eigenvalue weighted by Crippen LogP contribution is 2.30. The number of hydrogen-bond acceptors (Lipinski definition) is 5. The van der Waals surface area contributed by atoms with E-state index in [1.807, 2.05) is 0 Å². The first-order valence-electron chi connectivity index (χ1n) is 6.20. The minimum absolute atomic E-state index is 0.123. The molecule has 0 radical (unpaired) electrons. The molecule has 0 aliphatic heterocycles. The van der Waals surface area contributed by atoms with E-state index in [4.69, 9.17) is 5.73 Å². The number of hydrogen-bond donors (Lipinski definition) is 2. The van der Waals surface area contributed by atoms with Crippen LogP contribution in [-0.2, 0) is 0 Å². The molecule has 1 aliphatic carbocycles. The molecule has 19 heavy (non-hydrogen) atoms. The molecule has 2 aromatic rings. The van der Waals surface area contributed by atoms with Gasteiger partial charge >= 0.3 is 0 Å². The van der Waals surface area contributed by atoms with Crippen molar-refractivity contribution in [1.82, 2.24) is 15.3 Å². The molecule has 0 aromatic carbocycles. The number of allylic oxidation sites excluding steroid dienone is 1. The summed E-state index contributed by atoms with van der Waals surface area (Å²) in [4.78, 5) is 21.8. The summed E-state index contributed by atoms with van der Waals surface area (Å²) < 4.78 is 0. The van der Waals surface area contributed by atoms with E-state index in [0.717, 1.165) is 19.3 Å². The number of rotatable bonds is 2. The van der Waals surface area contributed by atoms with Crippen LogP contribution in [0.25, 0.3) is 10.3 Å². The third-order valence-electron chi connectivity index (χ3n) is 3.17. The first-order chi connectivity index (χ1) is 9.25. The van der Waals surface area contributed by atoms with Crippen LogP contribution in [0.5, 0.6) is 0 Å². The number of thiophene rings is 1. The van der Waals surface area contributed by atoms with Crippen molar-refractivity contribution in [3.05, 3.63) is 29.4 Å². The van der Waals surface area contributed by atoms with Crippen molar-refractivity contribution in [2.24, 2.45) is 0 Å². The fourth-order valence-corrected chi connectivity index (χ4v) is 3.11. The molecule has 3 N–H and O–H groups in total. The van der Waals surface area contributed by atoms with Gasteiger partial charge in [-0.15, -0.1) is 11.3 Å². The normalized spacial score (nSPS) is 18.6. The Morgan fingerprint density at radius 2 is 2.21 bits per heavy atom. The molecule has 1 unspecified atom stereocenters. The van der Waals surface area contributed by atoms with Gasteiger partial charge in [-0.25, -0.2) is 9.97 Å². The maximum absolute atomic E-state index is 12.2. The van der Waals surface area contributed by atoms with Crippen molar-refractivity contribution in [3.8, 4) is 0 Å². The highest BCUT2D eigenvalue weighted by molar-refractivity contribution is 7.21. The Morgan fingerprint density at radius 1 is 1.37 bits per heavy atom. The average molecular weight is 274 g/mol. The standard InChI is InChI=1S/C13H14N4OS/c14-9-10-13(16-7-6-15-10)19-11(9)12(18)17-8-4-2-1-3-5-8/h1-2,6-8H,3-5,14H2,(H,17,18). The lowest BCUT2D eigenvalue weighted by atomic mass is 10.0. The second kappa shape index (κ2) is 4.97. The zero-order chi connectivity index (χ0) is 13.2. The smallest absolute Gasteiger partial charge is 0.263 e. The number of carbonyl (C=O) groups excluding carboxylic acids is 1. The molecule has 0 bridgehead atoms. The van der Waals surface area contributed by atoms with Gasteiger partial charge in [0.1, 0.15) is 15.2 Å². The molecule has 0 spiro atoms. The van der Waals surface area contributed by atoms with Crippen LogP contribution < -0.4 is 11.1 Å². The number of amides is 1. The molecule has 1 atom stereocenters. The summed E-state index contributed by atoms with van der Waals surface area (Å²) in [6, 6.07) is 0.197. The Hall–Kier alpha value is -1.95. The molecular weight excluding hydrogens is 260 g/mol. The van der Waals surface area contributed by atoms with Crippen molar-refractivity contribution in [1.29, 1.82) is 0 Å². The summed E-state index contributed by atoms with van der Waals surface area (Å²) >= 11 is 1.29. The van der Waals surface area contributed by atoms with E-state index >= 15 is 0 Å². The van der Waals surface area contributed by atoms with Crippen LogP contribution in [0.4, 0.5) is 5.69 Å². The first kappa shape index (κ1) is 12.1. The molecule has 1 aliphatic rings. The van der Waals surface area contributed by atoms with Crippen LogP contribution in [0, 0.1) is 0 Å².